The molecule has 1 aliphatic rings. The highest BCUT2D eigenvalue weighted by Crippen LogP contribution is 2.23. The van der Waals surface area contributed by atoms with Crippen molar-refractivity contribution in [1.82, 2.24) is 14.9 Å². The molecular formula is C19H22N4O2. The lowest BCUT2D eigenvalue weighted by Crippen LogP contribution is -2.43. The summed E-state index contributed by atoms with van der Waals surface area (Å²) in [5.41, 5.74) is 1.84. The molecule has 2 heterocycles. The Morgan fingerprint density at radius 2 is 2.12 bits per heavy atom. The number of anilines is 1. The van der Waals surface area contributed by atoms with Gasteiger partial charge in [0.05, 0.1) is 13.2 Å². The molecule has 0 unspecified atom stereocenters. The van der Waals surface area contributed by atoms with Gasteiger partial charge in [-0.3, -0.25) is 4.79 Å². The van der Waals surface area contributed by atoms with Crippen LogP contribution in [-0.4, -0.2) is 47.6 Å². The van der Waals surface area contributed by atoms with Gasteiger partial charge in [0.1, 0.15) is 11.9 Å². The van der Waals surface area contributed by atoms with Crippen molar-refractivity contribution in [3.8, 4) is 0 Å². The summed E-state index contributed by atoms with van der Waals surface area (Å²) < 4.78 is 5.57. The minimum absolute atomic E-state index is 0.0618. The quantitative estimate of drug-likeness (QED) is 0.867. The first kappa shape index (κ1) is 17.1. The molecule has 0 aliphatic carbocycles. The molecule has 1 fully saturated rings. The van der Waals surface area contributed by atoms with Gasteiger partial charge < -0.3 is 15.0 Å². The number of hydrogen-bond acceptors (Lipinski definition) is 5. The van der Waals surface area contributed by atoms with E-state index >= 15 is 0 Å². The van der Waals surface area contributed by atoms with E-state index in [9.17, 15) is 4.79 Å². The fourth-order valence-electron chi connectivity index (χ4n) is 2.78. The van der Waals surface area contributed by atoms with E-state index in [0.29, 0.717) is 25.6 Å². The molecule has 1 amide bonds. The van der Waals surface area contributed by atoms with E-state index in [0.717, 1.165) is 17.1 Å². The lowest BCUT2D eigenvalue weighted by Gasteiger charge is -2.34. The molecule has 1 saturated heterocycles. The summed E-state index contributed by atoms with van der Waals surface area (Å²) >= 11 is 0. The average Bonchev–Trinajstić information content (AvgIpc) is 2.66. The number of morpholine rings is 1. The number of carbonyl (C=O) groups is 1. The van der Waals surface area contributed by atoms with Gasteiger partial charge in [-0.25, -0.2) is 9.97 Å². The van der Waals surface area contributed by atoms with Gasteiger partial charge in [0.15, 0.2) is 5.82 Å². The third kappa shape index (κ3) is 4.22. The van der Waals surface area contributed by atoms with Crippen LogP contribution in [0.4, 0.5) is 5.82 Å². The van der Waals surface area contributed by atoms with Crippen molar-refractivity contribution in [1.29, 1.82) is 0 Å². The lowest BCUT2D eigenvalue weighted by molar-refractivity contribution is -0.135. The number of amides is 1. The normalized spacial score (nSPS) is 17.7. The number of nitrogens with zero attached hydrogens (tertiary/aromatic N) is 3. The fourth-order valence-corrected chi connectivity index (χ4v) is 2.78. The summed E-state index contributed by atoms with van der Waals surface area (Å²) in [7, 11) is 1.81. The second-order valence-corrected chi connectivity index (χ2v) is 5.87. The van der Waals surface area contributed by atoms with Gasteiger partial charge in [-0.05, 0) is 18.6 Å². The number of ether oxygens (including phenoxy) is 1. The lowest BCUT2D eigenvalue weighted by atomic mass is 10.1. The number of nitrogens with one attached hydrogen (secondary N) is 1. The van der Waals surface area contributed by atoms with E-state index in [1.54, 1.807) is 11.0 Å². The largest absolute Gasteiger partial charge is 0.377 e. The van der Waals surface area contributed by atoms with Crippen molar-refractivity contribution < 1.29 is 9.53 Å². The number of aryl methyl sites for hydroxylation is 1. The number of rotatable bonds is 4. The Balaban J connectivity index is 1.82. The zero-order valence-corrected chi connectivity index (χ0v) is 14.5. The van der Waals surface area contributed by atoms with Crippen molar-refractivity contribution in [3.63, 3.8) is 0 Å². The van der Waals surface area contributed by atoms with E-state index in [1.807, 2.05) is 56.4 Å². The Morgan fingerprint density at radius 3 is 2.88 bits per heavy atom. The van der Waals surface area contributed by atoms with Crippen LogP contribution in [-0.2, 0) is 9.53 Å². The van der Waals surface area contributed by atoms with E-state index in [-0.39, 0.29) is 11.9 Å². The Bertz CT molecular complexity index is 761. The Labute approximate surface area is 147 Å². The van der Waals surface area contributed by atoms with E-state index in [4.69, 9.17) is 4.74 Å². The fraction of sp³-hybridized carbons (Fsp3) is 0.316. The van der Waals surface area contributed by atoms with Crippen LogP contribution in [0.25, 0.3) is 6.08 Å². The first-order chi connectivity index (χ1) is 12.2. The van der Waals surface area contributed by atoms with Gasteiger partial charge in [0.25, 0.3) is 0 Å². The highest BCUT2D eigenvalue weighted by atomic mass is 16.5. The molecule has 6 heteroatoms. The Kier molecular flexibility index (Phi) is 5.40. The van der Waals surface area contributed by atoms with E-state index in [1.165, 1.54) is 0 Å². The maximum atomic E-state index is 12.7. The molecule has 130 valence electrons. The second-order valence-electron chi connectivity index (χ2n) is 5.87. The number of hydrogen-bond donors (Lipinski definition) is 1. The van der Waals surface area contributed by atoms with Crippen LogP contribution in [0.3, 0.4) is 0 Å². The molecule has 0 radical (unpaired) electrons. The molecule has 25 heavy (non-hydrogen) atoms. The molecule has 1 N–H and O–H groups in total. The molecule has 6 nitrogen and oxygen atoms in total. The average molecular weight is 338 g/mol. The van der Waals surface area contributed by atoms with Gasteiger partial charge in [-0.15, -0.1) is 0 Å². The molecule has 1 aromatic heterocycles. The van der Waals surface area contributed by atoms with E-state index < -0.39 is 0 Å². The molecular weight excluding hydrogens is 316 g/mol. The van der Waals surface area contributed by atoms with Crippen molar-refractivity contribution in [2.45, 2.75) is 13.0 Å². The van der Waals surface area contributed by atoms with Crippen molar-refractivity contribution in [2.24, 2.45) is 0 Å². The maximum Gasteiger partial charge on any atom is 0.247 e. The zero-order chi connectivity index (χ0) is 17.6. The zero-order valence-electron chi connectivity index (χ0n) is 14.5. The highest BCUT2D eigenvalue weighted by molar-refractivity contribution is 5.92. The molecule has 0 spiro atoms. The predicted molar refractivity (Wildman–Crippen MR) is 97.1 cm³/mol. The first-order valence-corrected chi connectivity index (χ1v) is 8.32. The van der Waals surface area contributed by atoms with Crippen LogP contribution in [0.15, 0.2) is 42.5 Å². The summed E-state index contributed by atoms with van der Waals surface area (Å²) in [4.78, 5) is 23.5. The maximum absolute atomic E-state index is 12.7. The molecule has 2 aromatic rings. The number of aromatic nitrogens is 2. The van der Waals surface area contributed by atoms with Crippen LogP contribution in [0.2, 0.25) is 0 Å². The van der Waals surface area contributed by atoms with Crippen LogP contribution in [0.5, 0.6) is 0 Å². The Hall–Kier alpha value is -2.73. The van der Waals surface area contributed by atoms with Crippen molar-refractivity contribution in [2.75, 3.05) is 32.1 Å². The monoisotopic (exact) mass is 338 g/mol. The minimum atomic E-state index is -0.284. The summed E-state index contributed by atoms with van der Waals surface area (Å²) in [6, 6.07) is 11.4. The van der Waals surface area contributed by atoms with Crippen molar-refractivity contribution >= 4 is 17.8 Å². The van der Waals surface area contributed by atoms with Gasteiger partial charge in [-0.1, -0.05) is 30.3 Å². The van der Waals surface area contributed by atoms with Crippen LogP contribution >= 0.6 is 0 Å². The van der Waals surface area contributed by atoms with Crippen molar-refractivity contribution in [3.05, 3.63) is 59.6 Å². The molecule has 0 bridgehead atoms. The van der Waals surface area contributed by atoms with Gasteiger partial charge in [0.2, 0.25) is 5.91 Å². The third-order valence-electron chi connectivity index (χ3n) is 4.06. The predicted octanol–water partition coefficient (Wildman–Crippen LogP) is 2.44. The van der Waals surface area contributed by atoms with E-state index in [2.05, 4.69) is 15.3 Å². The summed E-state index contributed by atoms with van der Waals surface area (Å²) in [5.74, 6) is 1.28. The summed E-state index contributed by atoms with van der Waals surface area (Å²) in [6.07, 6.45) is 3.42. The summed E-state index contributed by atoms with van der Waals surface area (Å²) in [5, 5.41) is 3.03. The molecule has 1 atom stereocenters. The highest BCUT2D eigenvalue weighted by Gasteiger charge is 2.30. The molecule has 3 rings (SSSR count). The SMILES string of the molecule is CNc1cc(C)nc([C@H]2COCCN2C(=O)/C=C/c2ccccc2)n1. The Morgan fingerprint density at radius 1 is 1.32 bits per heavy atom. The van der Waals surface area contributed by atoms with Gasteiger partial charge in [0, 0.05) is 31.4 Å². The number of benzene rings is 1. The number of carbonyl (C=O) groups excluding carboxylic acids is 1. The molecule has 0 saturated carbocycles. The topological polar surface area (TPSA) is 67.4 Å². The molecule has 1 aromatic carbocycles. The molecule has 1 aliphatic heterocycles. The third-order valence-corrected chi connectivity index (χ3v) is 4.06. The second kappa shape index (κ2) is 7.90. The first-order valence-electron chi connectivity index (χ1n) is 8.32. The standard InChI is InChI=1S/C19H22N4O2/c1-14-12-17(20-2)22-19(21-14)16-13-25-11-10-23(16)18(24)9-8-15-6-4-3-5-7-15/h3-9,12,16H,10-11,13H2,1-2H3,(H,20,21,22)/b9-8+/t16-/m1/s1. The summed E-state index contributed by atoms with van der Waals surface area (Å²) in [6.45, 7) is 3.36. The van der Waals surface area contributed by atoms with Crippen LogP contribution in [0, 0.1) is 6.92 Å². The van der Waals surface area contributed by atoms with Crippen LogP contribution < -0.4 is 5.32 Å². The smallest absolute Gasteiger partial charge is 0.247 e. The van der Waals surface area contributed by atoms with Gasteiger partial charge in [-0.2, -0.15) is 0 Å². The van der Waals surface area contributed by atoms with Gasteiger partial charge >= 0.3 is 0 Å². The minimum Gasteiger partial charge on any atom is -0.377 e. The van der Waals surface area contributed by atoms with Crippen LogP contribution in [0.1, 0.15) is 23.1 Å².